The quantitative estimate of drug-likeness (QED) is 0.435. The molecule has 2 aliphatic heterocycles. The van der Waals surface area contributed by atoms with Crippen molar-refractivity contribution in [2.24, 2.45) is 4.99 Å². The number of carbonyl (C=O) groups is 2. The van der Waals surface area contributed by atoms with Crippen LogP contribution in [0.1, 0.15) is 16.7 Å². The monoisotopic (exact) mass is 533 g/mol. The van der Waals surface area contributed by atoms with E-state index in [9.17, 15) is 27.2 Å². The minimum Gasteiger partial charge on any atom is -0.454 e. The molecule has 37 heavy (non-hydrogen) atoms. The van der Waals surface area contributed by atoms with Crippen LogP contribution in [0, 0.1) is 17.1 Å². The van der Waals surface area contributed by atoms with Gasteiger partial charge >= 0.3 is 6.18 Å². The van der Waals surface area contributed by atoms with E-state index in [2.05, 4.69) is 15.6 Å². The molecule has 2 aliphatic rings. The highest BCUT2D eigenvalue weighted by molar-refractivity contribution is 8.18. The van der Waals surface area contributed by atoms with Gasteiger partial charge in [0, 0.05) is 19.6 Å². The predicted molar refractivity (Wildman–Crippen MR) is 128 cm³/mol. The largest absolute Gasteiger partial charge is 0.454 e. The van der Waals surface area contributed by atoms with E-state index in [-0.39, 0.29) is 16.4 Å². The van der Waals surface area contributed by atoms with Gasteiger partial charge in [0.05, 0.1) is 35.2 Å². The molecule has 2 saturated heterocycles. The smallest absolute Gasteiger partial charge is 0.420 e. The fraction of sp³-hybridized carbons (Fsp3) is 0.250. The molecule has 2 N–H and O–H groups in total. The van der Waals surface area contributed by atoms with Crippen LogP contribution in [0.3, 0.4) is 0 Å². The molecule has 2 amide bonds. The minimum absolute atomic E-state index is 0.0472. The first-order valence-electron chi connectivity index (χ1n) is 11.0. The summed E-state index contributed by atoms with van der Waals surface area (Å²) in [6.07, 6.45) is -3.38. The zero-order valence-electron chi connectivity index (χ0n) is 19.1. The number of hydrogen-bond donors (Lipinski definition) is 2. The molecular weight excluding hydrogens is 514 g/mol. The highest BCUT2D eigenvalue weighted by Crippen LogP contribution is 2.39. The number of nitrogens with one attached hydrogen (secondary N) is 2. The minimum atomic E-state index is -4.81. The fourth-order valence-corrected chi connectivity index (χ4v) is 4.39. The van der Waals surface area contributed by atoms with Gasteiger partial charge in [0.1, 0.15) is 5.75 Å². The summed E-state index contributed by atoms with van der Waals surface area (Å²) in [4.78, 5) is 30.2. The SMILES string of the molecule is N#Cc1ccc(Oc2ccc(/C=C3/SC(=NCCN4CCNC(=O)C4)NC3=O)cc2F)c(C(F)(F)F)c1. The number of halogens is 4. The van der Waals surface area contributed by atoms with E-state index < -0.39 is 35.0 Å². The second-order valence-corrected chi connectivity index (χ2v) is 9.02. The number of carbonyl (C=O) groups excluding carboxylic acids is 2. The van der Waals surface area contributed by atoms with Gasteiger partial charge in [-0.3, -0.25) is 19.5 Å². The lowest BCUT2D eigenvalue weighted by Crippen LogP contribution is -2.48. The number of nitriles is 1. The summed E-state index contributed by atoms with van der Waals surface area (Å²) in [5.41, 5.74) is -1.12. The molecule has 4 rings (SSSR count). The lowest BCUT2D eigenvalue weighted by molar-refractivity contribution is -0.138. The number of hydrogen-bond acceptors (Lipinski definition) is 7. The van der Waals surface area contributed by atoms with E-state index >= 15 is 0 Å². The van der Waals surface area contributed by atoms with Crippen molar-refractivity contribution in [2.75, 3.05) is 32.7 Å². The van der Waals surface area contributed by atoms with Crippen molar-refractivity contribution in [3.05, 3.63) is 63.8 Å². The Kier molecular flexibility index (Phi) is 7.80. The summed E-state index contributed by atoms with van der Waals surface area (Å²) in [5, 5.41) is 14.6. The van der Waals surface area contributed by atoms with Crippen molar-refractivity contribution in [2.45, 2.75) is 6.18 Å². The number of aliphatic imine (C=N–C) groups is 1. The van der Waals surface area contributed by atoms with Crippen LogP contribution in [-0.4, -0.2) is 54.6 Å². The number of alkyl halides is 3. The van der Waals surface area contributed by atoms with Crippen LogP contribution in [0.15, 0.2) is 46.3 Å². The molecule has 0 saturated carbocycles. The third-order valence-corrected chi connectivity index (χ3v) is 6.28. The molecule has 13 heteroatoms. The molecule has 0 aliphatic carbocycles. The van der Waals surface area contributed by atoms with Crippen molar-refractivity contribution >= 4 is 34.8 Å². The predicted octanol–water partition coefficient (Wildman–Crippen LogP) is 3.50. The number of benzene rings is 2. The molecule has 2 fully saturated rings. The average molecular weight is 534 g/mol. The van der Waals surface area contributed by atoms with Crippen LogP contribution in [0.4, 0.5) is 17.6 Å². The second-order valence-electron chi connectivity index (χ2n) is 7.99. The lowest BCUT2D eigenvalue weighted by atomic mass is 10.1. The number of nitrogens with zero attached hydrogens (tertiary/aromatic N) is 3. The number of rotatable bonds is 6. The van der Waals surface area contributed by atoms with Crippen LogP contribution in [0.2, 0.25) is 0 Å². The first-order valence-corrected chi connectivity index (χ1v) is 11.8. The standard InChI is InChI=1S/C24H19F4N5O3S/c25-17-10-14(1-4-19(17)36-18-3-2-15(12-29)9-16(18)24(26,27)28)11-20-22(35)32-23(37-20)31-6-8-33-7-5-30-21(34)13-33/h1-4,9-11H,5-8,13H2,(H,30,34)(H,31,32,35)/b20-11+. The Morgan fingerprint density at radius 1 is 1.19 bits per heavy atom. The summed E-state index contributed by atoms with van der Waals surface area (Å²) >= 11 is 1.07. The fourth-order valence-electron chi connectivity index (χ4n) is 3.55. The van der Waals surface area contributed by atoms with Gasteiger partial charge in [-0.25, -0.2) is 4.39 Å². The van der Waals surface area contributed by atoms with Crippen molar-refractivity contribution in [1.82, 2.24) is 15.5 Å². The van der Waals surface area contributed by atoms with Crippen LogP contribution < -0.4 is 15.4 Å². The van der Waals surface area contributed by atoms with E-state index in [4.69, 9.17) is 10.00 Å². The summed E-state index contributed by atoms with van der Waals surface area (Å²) in [5.74, 6) is -2.50. The zero-order valence-corrected chi connectivity index (χ0v) is 19.9. The van der Waals surface area contributed by atoms with Gasteiger partial charge in [-0.2, -0.15) is 18.4 Å². The number of amidine groups is 1. The molecule has 0 unspecified atom stereocenters. The van der Waals surface area contributed by atoms with Crippen LogP contribution in [0.5, 0.6) is 11.5 Å². The summed E-state index contributed by atoms with van der Waals surface area (Å²) < 4.78 is 59.9. The van der Waals surface area contributed by atoms with Gasteiger partial charge in [0.25, 0.3) is 5.91 Å². The first kappa shape index (κ1) is 26.2. The van der Waals surface area contributed by atoms with E-state index in [1.165, 1.54) is 12.1 Å². The second kappa shape index (κ2) is 11.0. The first-order chi connectivity index (χ1) is 17.6. The highest BCUT2D eigenvalue weighted by Gasteiger charge is 2.35. The Morgan fingerprint density at radius 3 is 2.68 bits per heavy atom. The maximum absolute atomic E-state index is 14.7. The third kappa shape index (κ3) is 6.66. The maximum Gasteiger partial charge on any atom is 0.420 e. The van der Waals surface area contributed by atoms with Crippen LogP contribution in [-0.2, 0) is 15.8 Å². The molecule has 0 spiro atoms. The number of ether oxygens (including phenoxy) is 1. The third-order valence-electron chi connectivity index (χ3n) is 5.33. The van der Waals surface area contributed by atoms with Crippen LogP contribution >= 0.6 is 11.8 Å². The lowest BCUT2D eigenvalue weighted by Gasteiger charge is -2.25. The van der Waals surface area contributed by atoms with Crippen molar-refractivity contribution < 1.29 is 31.9 Å². The molecule has 0 radical (unpaired) electrons. The Labute approximate surface area is 213 Å². The summed E-state index contributed by atoms with van der Waals surface area (Å²) in [6.45, 7) is 2.51. The molecular formula is C24H19F4N5O3S. The molecule has 192 valence electrons. The highest BCUT2D eigenvalue weighted by atomic mass is 32.2. The number of piperazine rings is 1. The zero-order chi connectivity index (χ0) is 26.6. The maximum atomic E-state index is 14.7. The van der Waals surface area contributed by atoms with Gasteiger partial charge in [-0.1, -0.05) is 6.07 Å². The Hall–Kier alpha value is -3.89. The molecule has 0 atom stereocenters. The molecule has 2 heterocycles. The Balaban J connectivity index is 1.43. The van der Waals surface area contributed by atoms with E-state index in [1.54, 1.807) is 6.07 Å². The van der Waals surface area contributed by atoms with E-state index in [0.29, 0.717) is 43.0 Å². The van der Waals surface area contributed by atoms with Gasteiger partial charge < -0.3 is 15.4 Å². The van der Waals surface area contributed by atoms with Crippen molar-refractivity contribution in [3.63, 3.8) is 0 Å². The topological polar surface area (TPSA) is 107 Å². The summed E-state index contributed by atoms with van der Waals surface area (Å²) in [6, 6.07) is 7.93. The van der Waals surface area contributed by atoms with Crippen molar-refractivity contribution in [3.8, 4) is 17.6 Å². The normalized spacial score (nSPS) is 18.6. The number of amides is 2. The van der Waals surface area contributed by atoms with Gasteiger partial charge in [0.2, 0.25) is 5.91 Å². The molecule has 2 aromatic rings. The van der Waals surface area contributed by atoms with Crippen LogP contribution in [0.25, 0.3) is 6.08 Å². The van der Waals surface area contributed by atoms with Gasteiger partial charge in [0.15, 0.2) is 16.7 Å². The molecule has 8 nitrogen and oxygen atoms in total. The number of thioether (sulfide) groups is 1. The van der Waals surface area contributed by atoms with Crippen molar-refractivity contribution in [1.29, 1.82) is 5.26 Å². The van der Waals surface area contributed by atoms with Gasteiger partial charge in [-0.05, 0) is 53.7 Å². The average Bonchev–Trinajstić information content (AvgIpc) is 3.19. The summed E-state index contributed by atoms with van der Waals surface area (Å²) in [7, 11) is 0. The molecule has 0 aromatic heterocycles. The van der Waals surface area contributed by atoms with E-state index in [1.807, 2.05) is 4.90 Å². The van der Waals surface area contributed by atoms with Gasteiger partial charge in [-0.15, -0.1) is 0 Å². The molecule has 0 bridgehead atoms. The molecule has 2 aromatic carbocycles. The van der Waals surface area contributed by atoms with E-state index in [0.717, 1.165) is 42.6 Å². The Bertz CT molecular complexity index is 1340. The Morgan fingerprint density at radius 2 is 1.97 bits per heavy atom.